The lowest BCUT2D eigenvalue weighted by molar-refractivity contribution is 0.0453. The summed E-state index contributed by atoms with van der Waals surface area (Å²) >= 11 is 0. The number of phenols is 1. The summed E-state index contributed by atoms with van der Waals surface area (Å²) < 4.78 is 36.2. The Hall–Kier alpha value is -3.27. The largest absolute Gasteiger partial charge is 0.507 e. The third kappa shape index (κ3) is 6.88. The lowest BCUT2D eigenvalue weighted by Crippen LogP contribution is -2.07. The maximum absolute atomic E-state index is 12.8. The van der Waals surface area contributed by atoms with Crippen molar-refractivity contribution >= 4 is 11.9 Å². The molecule has 168 valence electrons. The molecule has 1 N–H and O–H groups in total. The minimum atomic E-state index is -0.475. The van der Waals surface area contributed by atoms with Crippen LogP contribution in [0.15, 0.2) is 36.4 Å². The molecule has 0 saturated heterocycles. The van der Waals surface area contributed by atoms with Crippen molar-refractivity contribution < 1.29 is 43.1 Å². The van der Waals surface area contributed by atoms with Gasteiger partial charge in [-0.15, -0.1) is 0 Å². The maximum atomic E-state index is 12.8. The summed E-state index contributed by atoms with van der Waals surface area (Å²) in [6.07, 6.45) is 2.89. The van der Waals surface area contributed by atoms with Gasteiger partial charge in [-0.1, -0.05) is 12.1 Å². The fourth-order valence-electron chi connectivity index (χ4n) is 2.56. The lowest BCUT2D eigenvalue weighted by Gasteiger charge is -2.13. The first-order chi connectivity index (χ1) is 15.0. The van der Waals surface area contributed by atoms with Gasteiger partial charge in [0, 0.05) is 33.5 Å². The smallest absolute Gasteiger partial charge is 0.193 e. The van der Waals surface area contributed by atoms with E-state index in [2.05, 4.69) is 0 Å². The molecular formula is C22H26O9. The number of ether oxygens (including phenoxy) is 7. The third-order valence-corrected chi connectivity index (χ3v) is 3.92. The number of allylic oxidation sites excluding steroid dienone is 1. The molecule has 0 atom stereocenters. The van der Waals surface area contributed by atoms with E-state index in [1.54, 1.807) is 24.3 Å². The fraction of sp³-hybridized carbons (Fsp3) is 0.318. The molecule has 0 aliphatic rings. The molecule has 0 unspecified atom stereocenters. The second kappa shape index (κ2) is 12.4. The van der Waals surface area contributed by atoms with Gasteiger partial charge in [-0.2, -0.15) is 0 Å². The fourth-order valence-corrected chi connectivity index (χ4v) is 2.56. The maximum Gasteiger partial charge on any atom is 0.193 e. The third-order valence-electron chi connectivity index (χ3n) is 3.92. The highest BCUT2D eigenvalue weighted by atomic mass is 16.7. The molecule has 0 radical (unpaired) electrons. The molecule has 2 aromatic rings. The van der Waals surface area contributed by atoms with E-state index >= 15 is 0 Å². The van der Waals surface area contributed by atoms with Gasteiger partial charge in [0.25, 0.3) is 0 Å². The first-order valence-electron chi connectivity index (χ1n) is 9.16. The molecule has 0 amide bonds. The van der Waals surface area contributed by atoms with Crippen LogP contribution in [0.4, 0.5) is 0 Å². The zero-order valence-electron chi connectivity index (χ0n) is 17.9. The Morgan fingerprint density at radius 1 is 0.839 bits per heavy atom. The zero-order valence-corrected chi connectivity index (χ0v) is 17.9. The van der Waals surface area contributed by atoms with Crippen LogP contribution < -0.4 is 18.9 Å². The number of benzene rings is 2. The molecule has 2 rings (SSSR count). The molecule has 0 saturated carbocycles. The number of rotatable bonds is 13. The van der Waals surface area contributed by atoms with Crippen LogP contribution in [0.5, 0.6) is 28.7 Å². The van der Waals surface area contributed by atoms with Crippen LogP contribution in [0.2, 0.25) is 0 Å². The van der Waals surface area contributed by atoms with Crippen LogP contribution in [0.25, 0.3) is 6.08 Å². The van der Waals surface area contributed by atoms with Crippen molar-refractivity contribution in [3.05, 3.63) is 47.5 Å². The van der Waals surface area contributed by atoms with Gasteiger partial charge in [-0.25, -0.2) is 0 Å². The van der Waals surface area contributed by atoms with E-state index in [0.717, 1.165) is 0 Å². The first kappa shape index (κ1) is 24.0. The number of hydrogen-bond donors (Lipinski definition) is 1. The Morgan fingerprint density at radius 2 is 1.48 bits per heavy atom. The summed E-state index contributed by atoms with van der Waals surface area (Å²) in [5.74, 6) is 0.610. The topological polar surface area (TPSA) is 102 Å². The molecule has 0 aromatic heterocycles. The van der Waals surface area contributed by atoms with E-state index < -0.39 is 5.78 Å². The van der Waals surface area contributed by atoms with Gasteiger partial charge in [0.05, 0.1) is 7.11 Å². The predicted octanol–water partition coefficient (Wildman–Crippen LogP) is 3.25. The summed E-state index contributed by atoms with van der Waals surface area (Å²) in [5, 5.41) is 10.4. The Kier molecular flexibility index (Phi) is 9.63. The summed E-state index contributed by atoms with van der Waals surface area (Å²) in [7, 11) is 5.95. The Balaban J connectivity index is 2.30. The number of aromatic hydroxyl groups is 1. The van der Waals surface area contributed by atoms with E-state index in [-0.39, 0.29) is 43.2 Å². The average molecular weight is 434 g/mol. The molecule has 0 heterocycles. The van der Waals surface area contributed by atoms with Crippen LogP contribution in [-0.2, 0) is 14.2 Å². The highest BCUT2D eigenvalue weighted by Gasteiger charge is 2.18. The van der Waals surface area contributed by atoms with Crippen molar-refractivity contribution in [3.63, 3.8) is 0 Å². The molecule has 31 heavy (non-hydrogen) atoms. The number of carbonyl (C=O) groups excluding carboxylic acids is 1. The summed E-state index contributed by atoms with van der Waals surface area (Å²) in [5.41, 5.74) is 0.654. The van der Waals surface area contributed by atoms with Crippen LogP contribution >= 0.6 is 0 Å². The molecule has 0 spiro atoms. The quantitative estimate of drug-likeness (QED) is 0.289. The minimum absolute atomic E-state index is 0.0255. The molecule has 0 aliphatic carbocycles. The van der Waals surface area contributed by atoms with Gasteiger partial charge in [0.15, 0.2) is 37.7 Å². The second-order valence-corrected chi connectivity index (χ2v) is 6.08. The van der Waals surface area contributed by atoms with E-state index in [0.29, 0.717) is 17.1 Å². The molecule has 9 nitrogen and oxygen atoms in total. The van der Waals surface area contributed by atoms with E-state index in [1.807, 2.05) is 0 Å². The van der Waals surface area contributed by atoms with Crippen LogP contribution in [0.3, 0.4) is 0 Å². The highest BCUT2D eigenvalue weighted by molar-refractivity contribution is 6.10. The number of phenolic OH excluding ortho intramolecular Hbond substituents is 1. The standard InChI is InChI=1S/C22H26O9/c1-25-12-29-16-10-18(24)22(21(11-16)31-14-27-3)17(23)7-5-15-6-8-19(28-4)20(9-15)30-13-26-2/h5-11,24H,12-14H2,1-4H3/b7-5+. The lowest BCUT2D eigenvalue weighted by atomic mass is 10.1. The first-order valence-corrected chi connectivity index (χ1v) is 9.16. The Labute approximate surface area is 180 Å². The van der Waals surface area contributed by atoms with Gasteiger partial charge in [-0.05, 0) is 23.8 Å². The predicted molar refractivity (Wildman–Crippen MR) is 112 cm³/mol. The minimum Gasteiger partial charge on any atom is -0.507 e. The zero-order chi connectivity index (χ0) is 22.6. The van der Waals surface area contributed by atoms with Gasteiger partial charge in [0.2, 0.25) is 0 Å². The summed E-state index contributed by atoms with van der Waals surface area (Å²) in [4.78, 5) is 12.8. The average Bonchev–Trinajstić information content (AvgIpc) is 2.78. The van der Waals surface area contributed by atoms with Crippen LogP contribution in [0.1, 0.15) is 15.9 Å². The van der Waals surface area contributed by atoms with Crippen molar-refractivity contribution in [2.24, 2.45) is 0 Å². The van der Waals surface area contributed by atoms with Gasteiger partial charge >= 0.3 is 0 Å². The number of ketones is 1. The van der Waals surface area contributed by atoms with Crippen molar-refractivity contribution in [1.82, 2.24) is 0 Å². The van der Waals surface area contributed by atoms with Gasteiger partial charge < -0.3 is 38.3 Å². The number of hydrogen-bond acceptors (Lipinski definition) is 9. The van der Waals surface area contributed by atoms with Crippen molar-refractivity contribution in [2.45, 2.75) is 0 Å². The van der Waals surface area contributed by atoms with Crippen molar-refractivity contribution in [1.29, 1.82) is 0 Å². The van der Waals surface area contributed by atoms with Crippen molar-refractivity contribution in [3.8, 4) is 28.7 Å². The summed E-state index contributed by atoms with van der Waals surface area (Å²) in [6, 6.07) is 7.95. The molecule has 9 heteroatoms. The highest BCUT2D eigenvalue weighted by Crippen LogP contribution is 2.35. The van der Waals surface area contributed by atoms with Crippen LogP contribution in [0, 0.1) is 0 Å². The van der Waals surface area contributed by atoms with Gasteiger partial charge in [0.1, 0.15) is 22.8 Å². The number of methoxy groups -OCH3 is 4. The molecular weight excluding hydrogens is 408 g/mol. The Morgan fingerprint density at radius 3 is 2.13 bits per heavy atom. The molecule has 0 bridgehead atoms. The SMILES string of the molecule is COCOc1cc(O)c(C(=O)/C=C/c2ccc(OC)c(OCOC)c2)c(OCOC)c1. The summed E-state index contributed by atoms with van der Waals surface area (Å²) in [6.45, 7) is -0.0921. The van der Waals surface area contributed by atoms with E-state index in [9.17, 15) is 9.90 Å². The monoisotopic (exact) mass is 434 g/mol. The van der Waals surface area contributed by atoms with Gasteiger partial charge in [-0.3, -0.25) is 4.79 Å². The number of carbonyl (C=O) groups is 1. The molecule has 2 aromatic carbocycles. The normalized spacial score (nSPS) is 10.8. The van der Waals surface area contributed by atoms with Crippen LogP contribution in [-0.4, -0.2) is 59.7 Å². The molecule has 0 fully saturated rings. The molecule has 0 aliphatic heterocycles. The Bertz CT molecular complexity index is 893. The van der Waals surface area contributed by atoms with Crippen molar-refractivity contribution in [2.75, 3.05) is 48.8 Å². The van der Waals surface area contributed by atoms with E-state index in [4.69, 9.17) is 33.2 Å². The second-order valence-electron chi connectivity index (χ2n) is 6.08. The van der Waals surface area contributed by atoms with E-state index in [1.165, 1.54) is 46.6 Å².